The van der Waals surface area contributed by atoms with E-state index in [1.54, 1.807) is 0 Å². The summed E-state index contributed by atoms with van der Waals surface area (Å²) in [7, 11) is 0. The van der Waals surface area contributed by atoms with Gasteiger partial charge < -0.3 is 5.32 Å². The molecule has 2 rings (SSSR count). The van der Waals surface area contributed by atoms with Gasteiger partial charge >= 0.3 is 0 Å². The van der Waals surface area contributed by atoms with Crippen LogP contribution in [0, 0.1) is 17.5 Å². The largest absolute Gasteiger partial charge is 0.313 e. The molecule has 0 aromatic heterocycles. The molecule has 0 unspecified atom stereocenters. The molecule has 0 amide bonds. The summed E-state index contributed by atoms with van der Waals surface area (Å²) in [4.78, 5) is 0. The molecule has 0 atom stereocenters. The minimum atomic E-state index is -0.907. The first-order valence-electron chi connectivity index (χ1n) is 6.57. The number of benzene rings is 2. The highest BCUT2D eigenvalue weighted by Crippen LogP contribution is 2.28. The van der Waals surface area contributed by atoms with Crippen molar-refractivity contribution < 1.29 is 13.2 Å². The Kier molecular flexibility index (Phi) is 4.79. The van der Waals surface area contributed by atoms with Crippen LogP contribution in [0.15, 0.2) is 36.4 Å². The third kappa shape index (κ3) is 3.20. The second-order valence-corrected chi connectivity index (χ2v) is 4.58. The van der Waals surface area contributed by atoms with Crippen LogP contribution in [0.25, 0.3) is 11.1 Å². The van der Waals surface area contributed by atoms with Crippen LogP contribution in [0.1, 0.15) is 18.9 Å². The van der Waals surface area contributed by atoms with Crippen molar-refractivity contribution in [2.24, 2.45) is 0 Å². The molecule has 0 aliphatic carbocycles. The maximum atomic E-state index is 13.9. The Hall–Kier alpha value is -1.81. The molecule has 4 heteroatoms. The maximum absolute atomic E-state index is 13.9. The summed E-state index contributed by atoms with van der Waals surface area (Å²) >= 11 is 0. The molecule has 0 bridgehead atoms. The van der Waals surface area contributed by atoms with E-state index in [2.05, 4.69) is 5.32 Å². The van der Waals surface area contributed by atoms with Crippen molar-refractivity contribution in [3.05, 3.63) is 59.4 Å². The Bertz CT molecular complexity index is 596. The molecule has 0 radical (unpaired) electrons. The summed E-state index contributed by atoms with van der Waals surface area (Å²) < 4.78 is 40.5. The van der Waals surface area contributed by atoms with Crippen LogP contribution in [0.3, 0.4) is 0 Å². The fraction of sp³-hybridized carbons (Fsp3) is 0.250. The van der Waals surface area contributed by atoms with E-state index in [-0.39, 0.29) is 11.4 Å². The maximum Gasteiger partial charge on any atom is 0.166 e. The van der Waals surface area contributed by atoms with Crippen LogP contribution in [0.5, 0.6) is 0 Å². The Morgan fingerprint density at radius 2 is 1.80 bits per heavy atom. The lowest BCUT2D eigenvalue weighted by molar-refractivity contribution is 0.511. The summed E-state index contributed by atoms with van der Waals surface area (Å²) in [6.07, 6.45) is 0.943. The lowest BCUT2D eigenvalue weighted by Crippen LogP contribution is -2.14. The van der Waals surface area contributed by atoms with Crippen molar-refractivity contribution in [2.75, 3.05) is 6.54 Å². The quantitative estimate of drug-likeness (QED) is 0.806. The van der Waals surface area contributed by atoms with Crippen molar-refractivity contribution in [2.45, 2.75) is 19.9 Å². The highest BCUT2D eigenvalue weighted by atomic mass is 19.2. The lowest BCUT2D eigenvalue weighted by Gasteiger charge is -2.12. The van der Waals surface area contributed by atoms with Gasteiger partial charge in [-0.15, -0.1) is 0 Å². The molecule has 106 valence electrons. The van der Waals surface area contributed by atoms with Crippen LogP contribution < -0.4 is 5.32 Å². The summed E-state index contributed by atoms with van der Waals surface area (Å²) in [6.45, 7) is 3.21. The Balaban J connectivity index is 2.42. The van der Waals surface area contributed by atoms with Crippen molar-refractivity contribution >= 4 is 0 Å². The predicted molar refractivity (Wildman–Crippen MR) is 73.7 cm³/mol. The second kappa shape index (κ2) is 6.57. The smallest absolute Gasteiger partial charge is 0.166 e. The number of hydrogen-bond donors (Lipinski definition) is 1. The number of hydrogen-bond acceptors (Lipinski definition) is 1. The van der Waals surface area contributed by atoms with E-state index in [1.165, 1.54) is 30.3 Å². The molecule has 0 aliphatic heterocycles. The molecule has 2 aromatic carbocycles. The molecule has 20 heavy (non-hydrogen) atoms. The highest BCUT2D eigenvalue weighted by Gasteiger charge is 2.13. The molecular weight excluding hydrogens is 263 g/mol. The van der Waals surface area contributed by atoms with Gasteiger partial charge in [0.2, 0.25) is 0 Å². The molecule has 0 spiro atoms. The summed E-state index contributed by atoms with van der Waals surface area (Å²) in [5.74, 6) is -2.20. The number of halogens is 3. The van der Waals surface area contributed by atoms with Crippen molar-refractivity contribution in [3.63, 3.8) is 0 Å². The summed E-state index contributed by atoms with van der Waals surface area (Å²) in [5.41, 5.74) is 1.27. The third-order valence-corrected chi connectivity index (χ3v) is 3.05. The molecule has 0 heterocycles. The normalized spacial score (nSPS) is 10.8. The van der Waals surface area contributed by atoms with Gasteiger partial charge in [-0.25, -0.2) is 13.2 Å². The molecule has 1 N–H and O–H groups in total. The molecule has 0 saturated carbocycles. The van der Waals surface area contributed by atoms with Gasteiger partial charge in [0.25, 0.3) is 0 Å². The minimum Gasteiger partial charge on any atom is -0.313 e. The molecule has 0 saturated heterocycles. The van der Waals surface area contributed by atoms with Crippen LogP contribution in [0.2, 0.25) is 0 Å². The van der Waals surface area contributed by atoms with Crippen LogP contribution in [-0.4, -0.2) is 6.54 Å². The topological polar surface area (TPSA) is 12.0 Å². The van der Waals surface area contributed by atoms with E-state index >= 15 is 0 Å². The van der Waals surface area contributed by atoms with Crippen molar-refractivity contribution in [3.8, 4) is 11.1 Å². The van der Waals surface area contributed by atoms with Gasteiger partial charge in [0.05, 0.1) is 0 Å². The van der Waals surface area contributed by atoms with Gasteiger partial charge in [-0.05, 0) is 42.3 Å². The van der Waals surface area contributed by atoms with E-state index in [0.29, 0.717) is 17.7 Å². The molecule has 2 aromatic rings. The lowest BCUT2D eigenvalue weighted by atomic mass is 9.98. The van der Waals surface area contributed by atoms with E-state index in [9.17, 15) is 13.2 Å². The first-order chi connectivity index (χ1) is 9.63. The zero-order chi connectivity index (χ0) is 14.5. The summed E-state index contributed by atoms with van der Waals surface area (Å²) in [5, 5.41) is 3.14. The van der Waals surface area contributed by atoms with Crippen molar-refractivity contribution in [1.82, 2.24) is 5.32 Å². The highest BCUT2D eigenvalue weighted by molar-refractivity contribution is 5.68. The van der Waals surface area contributed by atoms with Gasteiger partial charge in [0.15, 0.2) is 11.6 Å². The zero-order valence-electron chi connectivity index (χ0n) is 11.2. The van der Waals surface area contributed by atoms with Gasteiger partial charge in [-0.2, -0.15) is 0 Å². The zero-order valence-corrected chi connectivity index (χ0v) is 11.2. The molecule has 0 aliphatic rings. The Morgan fingerprint density at radius 3 is 2.55 bits per heavy atom. The Labute approximate surface area is 116 Å². The fourth-order valence-corrected chi connectivity index (χ4v) is 2.08. The Morgan fingerprint density at radius 1 is 1.00 bits per heavy atom. The van der Waals surface area contributed by atoms with Crippen LogP contribution in [0.4, 0.5) is 13.2 Å². The van der Waals surface area contributed by atoms with Gasteiger partial charge in [0, 0.05) is 12.1 Å². The van der Waals surface area contributed by atoms with Crippen molar-refractivity contribution in [1.29, 1.82) is 0 Å². The monoisotopic (exact) mass is 279 g/mol. The predicted octanol–water partition coefficient (Wildman–Crippen LogP) is 4.27. The molecular formula is C16H16F3N. The average Bonchev–Trinajstić information content (AvgIpc) is 2.43. The minimum absolute atomic E-state index is 0.151. The van der Waals surface area contributed by atoms with E-state index in [0.717, 1.165) is 19.0 Å². The molecule has 0 fully saturated rings. The van der Waals surface area contributed by atoms with Crippen LogP contribution >= 0.6 is 0 Å². The SMILES string of the molecule is CCCNCc1cc(F)ccc1-c1cccc(F)c1F. The van der Waals surface area contributed by atoms with E-state index in [1.807, 2.05) is 6.92 Å². The number of rotatable bonds is 5. The average molecular weight is 279 g/mol. The molecule has 1 nitrogen and oxygen atoms in total. The van der Waals surface area contributed by atoms with Gasteiger partial charge in [-0.1, -0.05) is 25.1 Å². The fourth-order valence-electron chi connectivity index (χ4n) is 2.08. The van der Waals surface area contributed by atoms with Gasteiger partial charge in [-0.3, -0.25) is 0 Å². The first kappa shape index (κ1) is 14.6. The summed E-state index contributed by atoms with van der Waals surface area (Å²) in [6, 6.07) is 8.09. The van der Waals surface area contributed by atoms with E-state index < -0.39 is 11.6 Å². The van der Waals surface area contributed by atoms with Crippen LogP contribution in [-0.2, 0) is 6.54 Å². The van der Waals surface area contributed by atoms with Gasteiger partial charge in [0.1, 0.15) is 5.82 Å². The first-order valence-corrected chi connectivity index (χ1v) is 6.57. The second-order valence-electron chi connectivity index (χ2n) is 4.58. The number of nitrogens with one attached hydrogen (secondary N) is 1. The third-order valence-electron chi connectivity index (χ3n) is 3.05. The standard InChI is InChI=1S/C16H16F3N/c1-2-8-20-10-11-9-12(17)6-7-13(11)14-4-3-5-15(18)16(14)19/h3-7,9,20H,2,8,10H2,1H3. The van der Waals surface area contributed by atoms with E-state index in [4.69, 9.17) is 0 Å².